The van der Waals surface area contributed by atoms with Crippen molar-refractivity contribution in [2.75, 3.05) is 29.1 Å². The highest BCUT2D eigenvalue weighted by atomic mass is 32.2. The Bertz CT molecular complexity index is 911. The summed E-state index contributed by atoms with van der Waals surface area (Å²) in [6.45, 7) is 3.25. The predicted molar refractivity (Wildman–Crippen MR) is 120 cm³/mol. The van der Waals surface area contributed by atoms with Crippen molar-refractivity contribution in [2.45, 2.75) is 26.2 Å². The Hall–Kier alpha value is -2.80. The van der Waals surface area contributed by atoms with Gasteiger partial charge in [0.15, 0.2) is 5.12 Å². The van der Waals surface area contributed by atoms with E-state index in [-0.39, 0.29) is 16.6 Å². The molecular weight excluding hydrogens is 400 g/mol. The van der Waals surface area contributed by atoms with Gasteiger partial charge in [0.05, 0.1) is 22.9 Å². The molecule has 1 amide bonds. The van der Waals surface area contributed by atoms with Gasteiger partial charge >= 0.3 is 5.97 Å². The van der Waals surface area contributed by atoms with Gasteiger partial charge in [0, 0.05) is 25.8 Å². The van der Waals surface area contributed by atoms with Gasteiger partial charge in [-0.3, -0.25) is 9.59 Å². The van der Waals surface area contributed by atoms with E-state index >= 15 is 0 Å². The average molecular weight is 427 g/mol. The maximum Gasteiger partial charge on any atom is 0.335 e. The van der Waals surface area contributed by atoms with E-state index in [4.69, 9.17) is 0 Å². The first-order valence-corrected chi connectivity index (χ1v) is 11.0. The summed E-state index contributed by atoms with van der Waals surface area (Å²) in [7, 11) is 0. The van der Waals surface area contributed by atoms with Crippen LogP contribution in [0.15, 0.2) is 48.5 Å². The van der Waals surface area contributed by atoms with E-state index in [2.05, 4.69) is 10.2 Å². The molecule has 2 N–H and O–H groups in total. The van der Waals surface area contributed by atoms with Crippen LogP contribution in [0.5, 0.6) is 0 Å². The number of thioether (sulfide) groups is 1. The Kier molecular flexibility index (Phi) is 7.52. The standard InChI is InChI=1S/C23H26N2O4S/c1-16(26)30-15-19(13-17-7-3-2-4-8-17)22(27)24-20-14-18(23(28)29)9-10-21(20)25-11-5-6-12-25/h2-4,7-10,14,19H,5-6,11-13,15H2,1H3,(H,24,27)(H,28,29). The Morgan fingerprint density at radius 3 is 2.43 bits per heavy atom. The van der Waals surface area contributed by atoms with E-state index in [0.29, 0.717) is 17.9 Å². The molecule has 7 heteroatoms. The second-order valence-corrected chi connectivity index (χ2v) is 8.61. The summed E-state index contributed by atoms with van der Waals surface area (Å²) < 4.78 is 0. The Morgan fingerprint density at radius 1 is 1.10 bits per heavy atom. The highest BCUT2D eigenvalue weighted by molar-refractivity contribution is 8.13. The van der Waals surface area contributed by atoms with Crippen molar-refractivity contribution >= 4 is 40.1 Å². The summed E-state index contributed by atoms with van der Waals surface area (Å²) in [5.41, 5.74) is 2.49. The third-order valence-corrected chi connectivity index (χ3v) is 6.11. The summed E-state index contributed by atoms with van der Waals surface area (Å²) >= 11 is 1.13. The van der Waals surface area contributed by atoms with E-state index in [0.717, 1.165) is 48.9 Å². The van der Waals surface area contributed by atoms with Gasteiger partial charge in [0.2, 0.25) is 5.91 Å². The number of nitrogens with one attached hydrogen (secondary N) is 1. The summed E-state index contributed by atoms with van der Waals surface area (Å²) in [6.07, 6.45) is 2.64. The van der Waals surface area contributed by atoms with Crippen LogP contribution >= 0.6 is 11.8 Å². The molecule has 158 valence electrons. The molecule has 0 bridgehead atoms. The van der Waals surface area contributed by atoms with E-state index in [1.54, 1.807) is 12.1 Å². The molecule has 1 unspecified atom stereocenters. The van der Waals surface area contributed by atoms with Crippen molar-refractivity contribution in [1.29, 1.82) is 0 Å². The highest BCUT2D eigenvalue weighted by Crippen LogP contribution is 2.31. The van der Waals surface area contributed by atoms with Crippen LogP contribution in [0.4, 0.5) is 11.4 Å². The molecule has 1 aliphatic heterocycles. The molecular formula is C23H26N2O4S. The first-order valence-electron chi connectivity index (χ1n) is 10.0. The Labute approximate surface area is 180 Å². The lowest BCUT2D eigenvalue weighted by atomic mass is 10.00. The second-order valence-electron chi connectivity index (χ2n) is 7.41. The first kappa shape index (κ1) is 21.9. The van der Waals surface area contributed by atoms with Crippen LogP contribution in [0.2, 0.25) is 0 Å². The molecule has 2 aromatic rings. The van der Waals surface area contributed by atoms with Crippen LogP contribution in [0.3, 0.4) is 0 Å². The van der Waals surface area contributed by atoms with Crippen LogP contribution in [-0.4, -0.2) is 40.9 Å². The number of anilines is 2. The van der Waals surface area contributed by atoms with Gasteiger partial charge in [-0.2, -0.15) is 0 Å². The molecule has 3 rings (SSSR count). The summed E-state index contributed by atoms with van der Waals surface area (Å²) in [6, 6.07) is 14.5. The van der Waals surface area contributed by atoms with E-state index in [9.17, 15) is 19.5 Å². The highest BCUT2D eigenvalue weighted by Gasteiger charge is 2.24. The SMILES string of the molecule is CC(=O)SCC(Cc1ccccc1)C(=O)Nc1cc(C(=O)O)ccc1N1CCCC1. The minimum absolute atomic E-state index is 0.0357. The molecule has 1 heterocycles. The largest absolute Gasteiger partial charge is 0.478 e. The fourth-order valence-corrected chi connectivity index (χ4v) is 4.29. The third-order valence-electron chi connectivity index (χ3n) is 5.13. The molecule has 1 atom stereocenters. The van der Waals surface area contributed by atoms with Crippen LogP contribution in [-0.2, 0) is 16.0 Å². The zero-order chi connectivity index (χ0) is 21.5. The molecule has 2 aromatic carbocycles. The number of carboxylic acid groups (broad SMARTS) is 1. The molecule has 1 saturated heterocycles. The molecule has 0 spiro atoms. The minimum Gasteiger partial charge on any atom is -0.478 e. The van der Waals surface area contributed by atoms with Crippen LogP contribution in [0, 0.1) is 5.92 Å². The monoisotopic (exact) mass is 426 g/mol. The van der Waals surface area contributed by atoms with Crippen molar-refractivity contribution in [1.82, 2.24) is 0 Å². The topological polar surface area (TPSA) is 86.7 Å². The number of nitrogens with zero attached hydrogens (tertiary/aromatic N) is 1. The van der Waals surface area contributed by atoms with Gasteiger partial charge in [-0.15, -0.1) is 0 Å². The maximum atomic E-state index is 13.2. The number of amides is 1. The van der Waals surface area contributed by atoms with Crippen LogP contribution < -0.4 is 10.2 Å². The summed E-state index contributed by atoms with van der Waals surface area (Å²) in [4.78, 5) is 38.3. The minimum atomic E-state index is -1.04. The number of aromatic carboxylic acids is 1. The van der Waals surface area contributed by atoms with Gasteiger partial charge in [0.25, 0.3) is 0 Å². The number of benzene rings is 2. The van der Waals surface area contributed by atoms with Crippen molar-refractivity contribution in [3.63, 3.8) is 0 Å². The number of carbonyl (C=O) groups excluding carboxylic acids is 2. The molecule has 1 fully saturated rings. The fourth-order valence-electron chi connectivity index (χ4n) is 3.58. The lowest BCUT2D eigenvalue weighted by Crippen LogP contribution is -2.28. The number of carbonyl (C=O) groups is 3. The van der Waals surface area contributed by atoms with E-state index in [1.165, 1.54) is 13.0 Å². The van der Waals surface area contributed by atoms with Crippen molar-refractivity contribution in [3.05, 3.63) is 59.7 Å². The maximum absolute atomic E-state index is 13.2. The summed E-state index contributed by atoms with van der Waals surface area (Å²) in [5, 5.41) is 12.3. The molecule has 0 aliphatic carbocycles. The van der Waals surface area contributed by atoms with Gasteiger partial charge in [-0.1, -0.05) is 42.1 Å². The number of rotatable bonds is 8. The number of carboxylic acids is 1. The Balaban J connectivity index is 1.84. The third kappa shape index (κ3) is 5.86. The predicted octanol–water partition coefficient (Wildman–Crippen LogP) is 4.06. The van der Waals surface area contributed by atoms with E-state index in [1.807, 2.05) is 30.3 Å². The first-order chi connectivity index (χ1) is 14.4. The Morgan fingerprint density at radius 2 is 1.80 bits per heavy atom. The smallest absolute Gasteiger partial charge is 0.335 e. The molecule has 0 radical (unpaired) electrons. The molecule has 6 nitrogen and oxygen atoms in total. The van der Waals surface area contributed by atoms with Gasteiger partial charge in [-0.05, 0) is 43.0 Å². The van der Waals surface area contributed by atoms with E-state index < -0.39 is 11.9 Å². The second kappa shape index (κ2) is 10.3. The molecule has 0 saturated carbocycles. The zero-order valence-electron chi connectivity index (χ0n) is 17.0. The van der Waals surface area contributed by atoms with Crippen molar-refractivity contribution in [3.8, 4) is 0 Å². The van der Waals surface area contributed by atoms with Crippen molar-refractivity contribution < 1.29 is 19.5 Å². The van der Waals surface area contributed by atoms with Crippen molar-refractivity contribution in [2.24, 2.45) is 5.92 Å². The average Bonchev–Trinajstić information content (AvgIpc) is 3.26. The number of hydrogen-bond acceptors (Lipinski definition) is 5. The quantitative estimate of drug-likeness (QED) is 0.662. The summed E-state index contributed by atoms with van der Waals surface area (Å²) in [5.74, 6) is -1.29. The lowest BCUT2D eigenvalue weighted by Gasteiger charge is -2.23. The fraction of sp³-hybridized carbons (Fsp3) is 0.348. The zero-order valence-corrected chi connectivity index (χ0v) is 17.8. The van der Waals surface area contributed by atoms with Crippen LogP contribution in [0.1, 0.15) is 35.7 Å². The van der Waals surface area contributed by atoms with Crippen LogP contribution in [0.25, 0.3) is 0 Å². The van der Waals surface area contributed by atoms with Gasteiger partial charge < -0.3 is 15.3 Å². The molecule has 30 heavy (non-hydrogen) atoms. The lowest BCUT2D eigenvalue weighted by molar-refractivity contribution is -0.119. The molecule has 0 aromatic heterocycles. The molecule has 1 aliphatic rings. The normalized spacial score (nSPS) is 14.4. The van der Waals surface area contributed by atoms with Gasteiger partial charge in [-0.25, -0.2) is 4.79 Å². The number of hydrogen-bond donors (Lipinski definition) is 2. The van der Waals surface area contributed by atoms with Gasteiger partial charge in [0.1, 0.15) is 0 Å².